The quantitative estimate of drug-likeness (QED) is 0.750. The van der Waals surface area contributed by atoms with Crippen molar-refractivity contribution in [2.45, 2.75) is 11.9 Å². The number of thiol groups is 1. The molecule has 2 N–H and O–H groups in total. The first kappa shape index (κ1) is 14.5. The average Bonchev–Trinajstić information content (AvgIpc) is 3.06. The highest BCUT2D eigenvalue weighted by Crippen LogP contribution is 2.31. The summed E-state index contributed by atoms with van der Waals surface area (Å²) in [5, 5.41) is 12.0. The second kappa shape index (κ2) is 5.76. The summed E-state index contributed by atoms with van der Waals surface area (Å²) in [7, 11) is 0. The van der Waals surface area contributed by atoms with Crippen LogP contribution in [-0.4, -0.2) is 27.2 Å². The smallest absolute Gasteiger partial charge is 0.177 e. The molecule has 3 rings (SSSR count). The number of hydrogen-bond donors (Lipinski definition) is 3. The summed E-state index contributed by atoms with van der Waals surface area (Å²) in [5.41, 5.74) is 6.99. The molecule has 1 aromatic heterocycles. The third-order valence-corrected chi connectivity index (χ3v) is 4.09. The third-order valence-electron chi connectivity index (χ3n) is 3.05. The summed E-state index contributed by atoms with van der Waals surface area (Å²) in [4.78, 5) is 0. The monoisotopic (exact) mass is 342 g/mol. The Balaban J connectivity index is 2.08. The van der Waals surface area contributed by atoms with Gasteiger partial charge in [0.15, 0.2) is 5.84 Å². The van der Waals surface area contributed by atoms with E-state index in [9.17, 15) is 0 Å². The Morgan fingerprint density at radius 2 is 2.00 bits per heavy atom. The Hall–Kier alpha value is -1.41. The van der Waals surface area contributed by atoms with Gasteiger partial charge in [-0.2, -0.15) is 5.10 Å². The number of benzene rings is 1. The van der Waals surface area contributed by atoms with E-state index < -0.39 is 0 Å². The predicted molar refractivity (Wildman–Crippen MR) is 86.0 cm³/mol. The molecule has 0 radical (unpaired) electrons. The van der Waals surface area contributed by atoms with Crippen molar-refractivity contribution in [3.05, 3.63) is 40.0 Å². The number of hydrogen-bond acceptors (Lipinski definition) is 6. The summed E-state index contributed by atoms with van der Waals surface area (Å²) in [5.74, 6) is 0.705. The molecule has 0 saturated heterocycles. The Labute approximate surface area is 137 Å². The number of hydrazone groups is 1. The zero-order valence-corrected chi connectivity index (χ0v) is 13.4. The van der Waals surface area contributed by atoms with Gasteiger partial charge >= 0.3 is 0 Å². The first-order valence-corrected chi connectivity index (χ1v) is 7.41. The largest absolute Gasteiger partial charge is 0.271 e. The summed E-state index contributed by atoms with van der Waals surface area (Å²) in [6.45, 7) is 2.74. The van der Waals surface area contributed by atoms with Gasteiger partial charge in [0.2, 0.25) is 0 Å². The van der Waals surface area contributed by atoms with Crippen molar-refractivity contribution >= 4 is 41.7 Å². The van der Waals surface area contributed by atoms with Gasteiger partial charge in [0, 0.05) is 6.54 Å². The normalized spacial score (nSPS) is 14.3. The van der Waals surface area contributed by atoms with Crippen molar-refractivity contribution in [2.75, 3.05) is 6.54 Å². The summed E-state index contributed by atoms with van der Waals surface area (Å²) in [6.07, 6.45) is 1.68. The van der Waals surface area contributed by atoms with E-state index >= 15 is 0 Å². The van der Waals surface area contributed by atoms with Crippen LogP contribution < -0.4 is 11.1 Å². The van der Waals surface area contributed by atoms with Crippen LogP contribution in [0.2, 0.25) is 10.0 Å². The Kier molecular flexibility index (Phi) is 3.99. The minimum Gasteiger partial charge on any atom is -0.271 e. The Bertz CT molecular complexity index is 694. The van der Waals surface area contributed by atoms with E-state index in [1.807, 2.05) is 11.9 Å². The molecule has 0 spiro atoms. The van der Waals surface area contributed by atoms with Crippen LogP contribution in [0, 0.1) is 0 Å². The minimum absolute atomic E-state index is 0.504. The number of halogens is 2. The number of rotatable bonds is 3. The van der Waals surface area contributed by atoms with Gasteiger partial charge in [-0.25, -0.2) is 10.2 Å². The molecule has 0 aliphatic carbocycles. The lowest BCUT2D eigenvalue weighted by molar-refractivity contribution is 0.308. The molecule has 1 aliphatic rings. The van der Waals surface area contributed by atoms with E-state index in [0.717, 1.165) is 12.1 Å². The Morgan fingerprint density at radius 1 is 1.29 bits per heavy atom. The van der Waals surface area contributed by atoms with E-state index in [0.29, 0.717) is 26.6 Å². The molecule has 2 heterocycles. The van der Waals surface area contributed by atoms with E-state index in [2.05, 4.69) is 33.9 Å². The predicted octanol–water partition coefficient (Wildman–Crippen LogP) is 2.47. The maximum absolute atomic E-state index is 6.22. The lowest BCUT2D eigenvalue weighted by Gasteiger charge is -2.15. The van der Waals surface area contributed by atoms with Gasteiger partial charge in [-0.15, -0.1) is 23.3 Å². The number of nitrogens with zero attached hydrogens (tertiary/aromatic N) is 4. The molecular weight excluding hydrogens is 331 g/mol. The number of nitrogens with one attached hydrogen (secondary N) is 2. The van der Waals surface area contributed by atoms with Crippen LogP contribution >= 0.6 is 35.8 Å². The van der Waals surface area contributed by atoms with Gasteiger partial charge in [-0.05, 0) is 19.1 Å². The van der Waals surface area contributed by atoms with Crippen LogP contribution in [0.15, 0.2) is 34.5 Å². The molecule has 1 aliphatic heterocycles. The summed E-state index contributed by atoms with van der Waals surface area (Å²) < 4.78 is 1.60. The lowest BCUT2D eigenvalue weighted by Crippen LogP contribution is -2.40. The van der Waals surface area contributed by atoms with E-state index in [-0.39, 0.29) is 0 Å². The fourth-order valence-corrected chi connectivity index (χ4v) is 2.91. The van der Waals surface area contributed by atoms with Gasteiger partial charge in [-0.1, -0.05) is 29.3 Å². The van der Waals surface area contributed by atoms with Crippen molar-refractivity contribution in [2.24, 2.45) is 5.10 Å². The number of hydrazine groups is 2. The van der Waals surface area contributed by atoms with E-state index in [1.54, 1.807) is 29.1 Å². The average molecular weight is 343 g/mol. The molecule has 0 fully saturated rings. The first-order valence-electron chi connectivity index (χ1n) is 6.21. The van der Waals surface area contributed by atoms with Gasteiger partial charge < -0.3 is 0 Å². The number of para-hydroxylation sites is 1. The molecule has 21 heavy (non-hydrogen) atoms. The SMILES string of the molecule is CCN1NNN=C1c1cnn(-c2c(Cl)cccc2Cl)c1S. The fraction of sp³-hybridized carbons (Fsp3) is 0.167. The number of aromatic nitrogens is 2. The van der Waals surface area contributed by atoms with Crippen LogP contribution in [0.1, 0.15) is 12.5 Å². The molecule has 2 aromatic rings. The zero-order chi connectivity index (χ0) is 15.0. The molecule has 6 nitrogen and oxygen atoms in total. The van der Waals surface area contributed by atoms with Crippen molar-refractivity contribution in [1.29, 1.82) is 0 Å². The maximum Gasteiger partial charge on any atom is 0.177 e. The second-order valence-corrected chi connectivity index (χ2v) is 5.51. The van der Waals surface area contributed by atoms with E-state index in [1.165, 1.54) is 0 Å². The van der Waals surface area contributed by atoms with Crippen molar-refractivity contribution in [3.63, 3.8) is 0 Å². The molecule has 1 aromatic carbocycles. The molecule has 0 unspecified atom stereocenters. The first-order chi connectivity index (χ1) is 10.1. The molecule has 0 amide bonds. The van der Waals surface area contributed by atoms with Crippen LogP contribution in [0.5, 0.6) is 0 Å². The molecule has 9 heteroatoms. The highest BCUT2D eigenvalue weighted by molar-refractivity contribution is 7.80. The van der Waals surface area contributed by atoms with Crippen LogP contribution in [-0.2, 0) is 0 Å². The third kappa shape index (κ3) is 2.46. The standard InChI is InChI=1S/C12H12Cl2N6S/c1-2-19-11(16-17-18-19)7-6-15-20(12(7)21)10-8(13)4-3-5-9(10)14/h3-6,17-18,21H,2H2,1H3. The van der Waals surface area contributed by atoms with E-state index in [4.69, 9.17) is 23.2 Å². The summed E-state index contributed by atoms with van der Waals surface area (Å²) >= 11 is 17.0. The fourth-order valence-electron chi connectivity index (χ4n) is 2.04. The molecular formula is C12H12Cl2N6S. The molecule has 0 atom stereocenters. The van der Waals surface area contributed by atoms with Crippen LogP contribution in [0.4, 0.5) is 0 Å². The second-order valence-electron chi connectivity index (χ2n) is 4.27. The topological polar surface area (TPSA) is 57.5 Å². The van der Waals surface area contributed by atoms with Gasteiger partial charge in [-0.3, -0.25) is 5.01 Å². The summed E-state index contributed by atoms with van der Waals surface area (Å²) in [6, 6.07) is 5.29. The van der Waals surface area contributed by atoms with Crippen LogP contribution in [0.25, 0.3) is 5.69 Å². The zero-order valence-electron chi connectivity index (χ0n) is 11.0. The van der Waals surface area contributed by atoms with Crippen molar-refractivity contribution in [3.8, 4) is 5.69 Å². The van der Waals surface area contributed by atoms with Gasteiger partial charge in [0.25, 0.3) is 0 Å². The minimum atomic E-state index is 0.504. The molecule has 0 saturated carbocycles. The highest BCUT2D eigenvalue weighted by atomic mass is 35.5. The van der Waals surface area contributed by atoms with Gasteiger partial charge in [0.05, 0.1) is 21.8 Å². The maximum atomic E-state index is 6.22. The molecule has 110 valence electrons. The van der Waals surface area contributed by atoms with Crippen molar-refractivity contribution < 1.29 is 0 Å². The van der Waals surface area contributed by atoms with Gasteiger partial charge in [0.1, 0.15) is 10.7 Å². The highest BCUT2D eigenvalue weighted by Gasteiger charge is 2.23. The van der Waals surface area contributed by atoms with Crippen LogP contribution in [0.3, 0.4) is 0 Å². The molecule has 0 bridgehead atoms. The number of amidine groups is 1. The van der Waals surface area contributed by atoms with Crippen molar-refractivity contribution in [1.82, 2.24) is 25.9 Å². The lowest BCUT2D eigenvalue weighted by atomic mass is 10.3. The Morgan fingerprint density at radius 3 is 2.67 bits per heavy atom.